The number of carboxylic acids is 1. The number of nitrogens with one attached hydrogen (secondary N) is 1. The van der Waals surface area contributed by atoms with E-state index in [9.17, 15) is 19.2 Å². The minimum atomic E-state index is -1.15. The fourth-order valence-corrected chi connectivity index (χ4v) is 7.26. The van der Waals surface area contributed by atoms with Crippen LogP contribution in [0.2, 0.25) is 0 Å². The number of amides is 2. The first-order valence-electron chi connectivity index (χ1n) is 12.7. The summed E-state index contributed by atoms with van der Waals surface area (Å²) in [7, 11) is 3.76. The van der Waals surface area contributed by atoms with Gasteiger partial charge in [-0.05, 0) is 68.0 Å². The molecule has 1 aliphatic heterocycles. The molecule has 1 heterocycles. The number of nitrogens with zero attached hydrogens (tertiary/aromatic N) is 2. The predicted octanol–water partition coefficient (Wildman–Crippen LogP) is 0.685. The van der Waals surface area contributed by atoms with Crippen molar-refractivity contribution in [2.24, 2.45) is 17.6 Å². The van der Waals surface area contributed by atoms with Crippen molar-refractivity contribution in [2.45, 2.75) is 56.0 Å². The molecule has 1 saturated carbocycles. The van der Waals surface area contributed by atoms with E-state index in [1.807, 2.05) is 6.07 Å². The van der Waals surface area contributed by atoms with Crippen molar-refractivity contribution in [1.29, 1.82) is 0 Å². The zero-order valence-electron chi connectivity index (χ0n) is 20.8. The summed E-state index contributed by atoms with van der Waals surface area (Å²) in [6.07, 6.45) is 3.09. The van der Waals surface area contributed by atoms with E-state index in [4.69, 9.17) is 15.6 Å². The third-order valence-corrected chi connectivity index (χ3v) is 8.93. The summed E-state index contributed by atoms with van der Waals surface area (Å²) < 4.78 is 5.84. The van der Waals surface area contributed by atoms with Crippen LogP contribution in [0.1, 0.15) is 42.4 Å². The van der Waals surface area contributed by atoms with Crippen LogP contribution in [0.15, 0.2) is 12.1 Å². The number of aliphatic carboxylic acids is 1. The molecule has 1 aromatic rings. The molecule has 10 heteroatoms. The minimum Gasteiger partial charge on any atom is -0.481 e. The SMILES string of the molecule is CN(CCNC(=O)[C@H](N)CC(=O)O)C(=O)Oc1ccc2c3c1C[C@H]1C(=O)CC[C@H]4C(C2)N(C)CC[C@]314. The van der Waals surface area contributed by atoms with Crippen LogP contribution < -0.4 is 15.8 Å². The van der Waals surface area contributed by atoms with Gasteiger partial charge in [-0.15, -0.1) is 0 Å². The van der Waals surface area contributed by atoms with Crippen molar-refractivity contribution in [3.8, 4) is 5.75 Å². The summed E-state index contributed by atoms with van der Waals surface area (Å²) in [5, 5.41) is 11.3. The molecular weight excluding hydrogens is 464 g/mol. The number of carboxylic acid groups (broad SMARTS) is 1. The smallest absolute Gasteiger partial charge is 0.415 e. The first-order chi connectivity index (χ1) is 17.1. The number of hydrogen-bond donors (Lipinski definition) is 3. The predicted molar refractivity (Wildman–Crippen MR) is 130 cm³/mol. The molecule has 36 heavy (non-hydrogen) atoms. The van der Waals surface area contributed by atoms with Crippen molar-refractivity contribution in [3.05, 3.63) is 28.8 Å². The van der Waals surface area contributed by atoms with Crippen LogP contribution in [0.5, 0.6) is 5.75 Å². The number of carbonyl (C=O) groups excluding carboxylic acids is 3. The van der Waals surface area contributed by atoms with E-state index in [0.717, 1.165) is 31.4 Å². The number of ether oxygens (including phenoxy) is 1. The van der Waals surface area contributed by atoms with Gasteiger partial charge >= 0.3 is 12.1 Å². The quantitative estimate of drug-likeness (QED) is 0.498. The van der Waals surface area contributed by atoms with E-state index < -0.39 is 30.4 Å². The van der Waals surface area contributed by atoms with E-state index in [-0.39, 0.29) is 24.4 Å². The van der Waals surface area contributed by atoms with Crippen LogP contribution in [-0.2, 0) is 32.6 Å². The lowest BCUT2D eigenvalue weighted by atomic mass is 9.50. The molecular formula is C26H34N4O6. The Kier molecular flexibility index (Phi) is 6.28. The van der Waals surface area contributed by atoms with Crippen LogP contribution in [0, 0.1) is 11.8 Å². The van der Waals surface area contributed by atoms with Crippen LogP contribution in [0.4, 0.5) is 4.79 Å². The van der Waals surface area contributed by atoms with E-state index in [0.29, 0.717) is 36.3 Å². The second-order valence-corrected chi connectivity index (χ2v) is 10.8. The topological polar surface area (TPSA) is 142 Å². The Morgan fingerprint density at radius 1 is 1.33 bits per heavy atom. The largest absolute Gasteiger partial charge is 0.481 e. The highest BCUT2D eigenvalue weighted by Crippen LogP contribution is 2.63. The van der Waals surface area contributed by atoms with E-state index in [1.165, 1.54) is 16.0 Å². The first kappa shape index (κ1) is 24.7. The monoisotopic (exact) mass is 498 g/mol. The van der Waals surface area contributed by atoms with Gasteiger partial charge in [0.05, 0.1) is 12.5 Å². The summed E-state index contributed by atoms with van der Waals surface area (Å²) in [4.78, 5) is 52.4. The number of rotatable bonds is 7. The molecule has 5 rings (SSSR count). The summed E-state index contributed by atoms with van der Waals surface area (Å²) >= 11 is 0. The van der Waals surface area contributed by atoms with Crippen LogP contribution in [0.25, 0.3) is 0 Å². The van der Waals surface area contributed by atoms with Crippen molar-refractivity contribution < 1.29 is 29.0 Å². The maximum absolute atomic E-state index is 13.1. The number of benzene rings is 1. The Hall–Kier alpha value is -2.98. The lowest BCUT2D eigenvalue weighted by Gasteiger charge is -2.58. The number of nitrogens with two attached hydrogens (primary N) is 1. The third kappa shape index (κ3) is 3.87. The molecule has 4 aliphatic rings. The Balaban J connectivity index is 1.30. The van der Waals surface area contributed by atoms with Gasteiger partial charge in [0.2, 0.25) is 5.91 Å². The zero-order chi connectivity index (χ0) is 25.8. The van der Waals surface area contributed by atoms with Gasteiger partial charge in [-0.25, -0.2) is 4.79 Å². The van der Waals surface area contributed by atoms with Crippen molar-refractivity contribution in [2.75, 3.05) is 33.7 Å². The van der Waals surface area contributed by atoms with Crippen molar-refractivity contribution >= 4 is 23.8 Å². The van der Waals surface area contributed by atoms with Gasteiger partial charge in [-0.2, -0.15) is 0 Å². The molecule has 4 N–H and O–H groups in total. The summed E-state index contributed by atoms with van der Waals surface area (Å²) in [6, 6.07) is 3.23. The molecule has 2 bridgehead atoms. The molecule has 194 valence electrons. The highest BCUT2D eigenvalue weighted by atomic mass is 16.6. The fourth-order valence-electron chi connectivity index (χ4n) is 7.26. The van der Waals surface area contributed by atoms with E-state index >= 15 is 0 Å². The molecule has 2 fully saturated rings. The van der Waals surface area contributed by atoms with Gasteiger partial charge < -0.3 is 30.7 Å². The van der Waals surface area contributed by atoms with Crippen LogP contribution in [0.3, 0.4) is 0 Å². The number of piperidine rings is 1. The third-order valence-electron chi connectivity index (χ3n) is 8.93. The lowest BCUT2D eigenvalue weighted by molar-refractivity contribution is -0.139. The molecule has 0 radical (unpaired) electrons. The Morgan fingerprint density at radius 3 is 2.86 bits per heavy atom. The minimum absolute atomic E-state index is 0.0377. The van der Waals surface area contributed by atoms with Crippen LogP contribution in [-0.4, -0.2) is 84.5 Å². The van der Waals surface area contributed by atoms with Crippen LogP contribution >= 0.6 is 0 Å². The highest BCUT2D eigenvalue weighted by Gasteiger charge is 2.63. The number of carbonyl (C=O) groups is 4. The fraction of sp³-hybridized carbons (Fsp3) is 0.615. The number of ketones is 1. The van der Waals surface area contributed by atoms with E-state index in [1.54, 1.807) is 7.05 Å². The molecule has 2 amide bonds. The highest BCUT2D eigenvalue weighted by molar-refractivity contribution is 5.87. The lowest BCUT2D eigenvalue weighted by Crippen LogP contribution is -2.63. The second-order valence-electron chi connectivity index (χ2n) is 10.8. The number of likely N-dealkylation sites (N-methyl/N-ethyl adjacent to an activating group) is 2. The average Bonchev–Trinajstić information content (AvgIpc) is 3.19. The Labute approximate surface area is 210 Å². The number of hydrogen-bond acceptors (Lipinski definition) is 7. The molecule has 0 aromatic heterocycles. The zero-order valence-corrected chi connectivity index (χ0v) is 20.8. The summed E-state index contributed by atoms with van der Waals surface area (Å²) in [5.74, 6) is -0.461. The average molecular weight is 499 g/mol. The van der Waals surface area contributed by atoms with E-state index in [2.05, 4.69) is 23.3 Å². The molecule has 10 nitrogen and oxygen atoms in total. The standard InChI is InChI=1S/C26H34N4O6/c1-29-9-7-26-16-4-5-20(31)17(26)12-15-21(6-3-14(23(15)26)11-19(16)29)36-25(35)30(2)10-8-28-24(34)18(27)13-22(32)33/h3,6,16-19H,4-5,7-13,27H2,1-2H3,(H,28,34)(H,32,33)/t16-,17-,18+,19?,26+/m0/s1. The van der Waals surface area contributed by atoms with Crippen molar-refractivity contribution in [3.63, 3.8) is 0 Å². The normalized spacial score (nSPS) is 28.8. The maximum atomic E-state index is 13.1. The summed E-state index contributed by atoms with van der Waals surface area (Å²) in [5.41, 5.74) is 8.97. The summed E-state index contributed by atoms with van der Waals surface area (Å²) in [6.45, 7) is 1.26. The van der Waals surface area contributed by atoms with Gasteiger partial charge in [0, 0.05) is 43.9 Å². The molecule has 3 aliphatic carbocycles. The number of Topliss-reactive ketones (excluding diaryl/α,β-unsaturated/α-hetero) is 1. The van der Waals surface area contributed by atoms with Gasteiger partial charge in [-0.3, -0.25) is 14.4 Å². The Morgan fingerprint density at radius 2 is 2.11 bits per heavy atom. The van der Waals surface area contributed by atoms with Gasteiger partial charge in [0.1, 0.15) is 11.5 Å². The van der Waals surface area contributed by atoms with Gasteiger partial charge in [0.25, 0.3) is 0 Å². The van der Waals surface area contributed by atoms with Gasteiger partial charge in [-0.1, -0.05) is 6.07 Å². The first-order valence-corrected chi connectivity index (χ1v) is 12.7. The number of likely N-dealkylation sites (tertiary alicyclic amines) is 1. The molecule has 5 atom stereocenters. The van der Waals surface area contributed by atoms with Crippen molar-refractivity contribution in [1.82, 2.24) is 15.1 Å². The molecule has 1 aromatic carbocycles. The molecule has 1 saturated heterocycles. The Bertz CT molecular complexity index is 1120. The molecule has 1 unspecified atom stereocenters. The second kappa shape index (κ2) is 9.15. The maximum Gasteiger partial charge on any atom is 0.415 e. The van der Waals surface area contributed by atoms with Gasteiger partial charge in [0.15, 0.2) is 0 Å². The molecule has 1 spiro atoms.